The number of halogens is 2. The molecular formula is C43H48Cl2N4O4. The number of amides is 2. The molecule has 0 aromatic heterocycles. The minimum atomic E-state index is -1.27. The van der Waals surface area contributed by atoms with Gasteiger partial charge < -0.3 is 20.5 Å². The first-order valence-corrected chi connectivity index (χ1v) is 19.2. The molecule has 278 valence electrons. The Hall–Kier alpha value is -3.76. The van der Waals surface area contributed by atoms with E-state index in [0.29, 0.717) is 54.0 Å². The van der Waals surface area contributed by atoms with E-state index in [0.717, 1.165) is 29.8 Å². The zero-order chi connectivity index (χ0) is 37.3. The molecule has 10 heteroatoms. The van der Waals surface area contributed by atoms with Crippen molar-refractivity contribution in [2.45, 2.75) is 62.8 Å². The molecule has 0 aliphatic carbocycles. The molecule has 7 rings (SSSR count). The number of nitrogens with one attached hydrogen (secondary N) is 2. The molecule has 3 heterocycles. The van der Waals surface area contributed by atoms with Gasteiger partial charge in [0, 0.05) is 53.9 Å². The Morgan fingerprint density at radius 2 is 1.58 bits per heavy atom. The predicted octanol–water partition coefficient (Wildman–Crippen LogP) is 7.38. The zero-order valence-corrected chi connectivity index (χ0v) is 32.0. The number of fused-ring (bicyclic) bond motifs is 2. The molecule has 0 radical (unpaired) electrons. The summed E-state index contributed by atoms with van der Waals surface area (Å²) in [6.45, 7) is 10.5. The molecule has 0 saturated carbocycles. The van der Waals surface area contributed by atoms with Crippen LogP contribution in [-0.2, 0) is 19.7 Å². The molecule has 2 amide bonds. The topological polar surface area (TPSA) is 94.1 Å². The summed E-state index contributed by atoms with van der Waals surface area (Å²) in [5.74, 6) is -1.12. The summed E-state index contributed by atoms with van der Waals surface area (Å²) in [7, 11) is 0. The number of benzene rings is 4. The van der Waals surface area contributed by atoms with Crippen LogP contribution >= 0.6 is 23.2 Å². The third-order valence-electron chi connectivity index (χ3n) is 11.1. The molecule has 2 saturated heterocycles. The molecule has 1 spiro atoms. The molecule has 0 unspecified atom stereocenters. The summed E-state index contributed by atoms with van der Waals surface area (Å²) < 4.78 is 5.56. The van der Waals surface area contributed by atoms with Crippen LogP contribution in [0, 0.1) is 5.41 Å². The van der Waals surface area contributed by atoms with E-state index in [1.54, 1.807) is 6.07 Å². The average molecular weight is 756 g/mol. The van der Waals surface area contributed by atoms with Crippen molar-refractivity contribution in [1.29, 1.82) is 0 Å². The van der Waals surface area contributed by atoms with Crippen molar-refractivity contribution in [3.05, 3.63) is 135 Å². The minimum Gasteiger partial charge on any atom is -0.386 e. The third kappa shape index (κ3) is 7.38. The van der Waals surface area contributed by atoms with Crippen molar-refractivity contribution < 1.29 is 19.4 Å². The quantitative estimate of drug-likeness (QED) is 0.157. The molecule has 4 aromatic carbocycles. The van der Waals surface area contributed by atoms with Crippen LogP contribution in [0.5, 0.6) is 0 Å². The molecule has 2 fully saturated rings. The van der Waals surface area contributed by atoms with E-state index in [1.165, 1.54) is 0 Å². The number of hydrogen-bond acceptors (Lipinski definition) is 6. The number of rotatable bonds is 10. The maximum Gasteiger partial charge on any atom is 0.238 e. The van der Waals surface area contributed by atoms with Crippen LogP contribution in [0.4, 0.5) is 5.69 Å². The molecule has 8 nitrogen and oxygen atoms in total. The summed E-state index contributed by atoms with van der Waals surface area (Å²) >= 11 is 13.3. The number of morpholine rings is 1. The van der Waals surface area contributed by atoms with Crippen molar-refractivity contribution in [2.24, 2.45) is 5.41 Å². The van der Waals surface area contributed by atoms with E-state index in [9.17, 15) is 5.11 Å². The van der Waals surface area contributed by atoms with E-state index in [2.05, 4.69) is 41.2 Å². The Balaban J connectivity index is 1.49. The van der Waals surface area contributed by atoms with Crippen molar-refractivity contribution in [2.75, 3.05) is 44.7 Å². The van der Waals surface area contributed by atoms with Gasteiger partial charge in [-0.05, 0) is 58.4 Å². The first kappa shape index (κ1) is 37.6. The molecule has 6 atom stereocenters. The molecule has 3 aliphatic heterocycles. The zero-order valence-electron chi connectivity index (χ0n) is 30.5. The van der Waals surface area contributed by atoms with Crippen LogP contribution in [0.15, 0.2) is 103 Å². The number of aliphatic hydroxyl groups is 1. The molecule has 4 aromatic rings. The molecule has 53 heavy (non-hydrogen) atoms. The minimum absolute atomic E-state index is 0.205. The number of aliphatic hydroxyl groups excluding tert-OH is 1. The van der Waals surface area contributed by atoms with Gasteiger partial charge in [-0.1, -0.05) is 123 Å². The van der Waals surface area contributed by atoms with E-state index in [4.69, 9.17) is 27.9 Å². The Kier molecular flexibility index (Phi) is 11.0. The summed E-state index contributed by atoms with van der Waals surface area (Å²) in [4.78, 5) is 35.0. The Morgan fingerprint density at radius 1 is 0.925 bits per heavy atom. The molecule has 3 aliphatic rings. The Labute approximate surface area is 322 Å². The van der Waals surface area contributed by atoms with Crippen LogP contribution in [0.2, 0.25) is 10.0 Å². The van der Waals surface area contributed by atoms with Gasteiger partial charge in [0.05, 0.1) is 31.4 Å². The number of carbonyl (C=O) groups is 2. The number of likely N-dealkylation sites (tertiary alicyclic amines) is 1. The summed E-state index contributed by atoms with van der Waals surface area (Å²) in [5, 5.41) is 20.2. The standard InChI is InChI=1S/C43H48Cl2N4O4/c1-42(2,3)27-35-43(33-18-17-32(45)26-34(33)47-41(43)52)36(30-15-10-16-31(44)25-30)38(40(51)46-19-20-48-21-23-53-24-22-48)49(35)37(28-11-6-4-7-12-28)39(50)29-13-8-5-9-14-29/h4-18,25-26,35-39,50H,19-24,27H2,1-3H3,(H,46,51)(H,47,52)/t35-,36+,37-,38-,39+,43+/m1/s1. The fourth-order valence-electron chi connectivity index (χ4n) is 8.94. The van der Waals surface area contributed by atoms with Gasteiger partial charge in [0.1, 0.15) is 5.41 Å². The Bertz CT molecular complexity index is 1920. The fourth-order valence-corrected chi connectivity index (χ4v) is 9.31. The van der Waals surface area contributed by atoms with Gasteiger partial charge in [-0.25, -0.2) is 0 Å². The van der Waals surface area contributed by atoms with E-state index < -0.39 is 35.6 Å². The lowest BCUT2D eigenvalue weighted by Gasteiger charge is -2.44. The SMILES string of the molecule is CC(C)(C)C[C@H]1N([C@H](c2ccccc2)[C@@H](O)c2ccccc2)[C@@H](C(=O)NCCN2CCOCC2)[C@H](c2cccc(Cl)c2)[C@@]12C(=O)Nc1cc(Cl)ccc12. The van der Waals surface area contributed by atoms with Crippen LogP contribution in [0.25, 0.3) is 0 Å². The first-order valence-electron chi connectivity index (χ1n) is 18.5. The molecule has 0 bridgehead atoms. The van der Waals surface area contributed by atoms with Gasteiger partial charge in [-0.3, -0.25) is 19.4 Å². The highest BCUT2D eigenvalue weighted by molar-refractivity contribution is 6.31. The average Bonchev–Trinajstić information content (AvgIpc) is 3.59. The van der Waals surface area contributed by atoms with Crippen LogP contribution < -0.4 is 10.6 Å². The number of carbonyl (C=O) groups excluding carboxylic acids is 2. The second-order valence-corrected chi connectivity index (χ2v) is 16.5. The van der Waals surface area contributed by atoms with Crippen LogP contribution in [0.1, 0.15) is 67.5 Å². The maximum atomic E-state index is 15.3. The second kappa shape index (κ2) is 15.5. The highest BCUT2D eigenvalue weighted by atomic mass is 35.5. The lowest BCUT2D eigenvalue weighted by molar-refractivity contribution is -0.129. The molecular weight excluding hydrogens is 707 g/mol. The highest BCUT2D eigenvalue weighted by Crippen LogP contribution is 2.62. The Morgan fingerprint density at radius 3 is 2.25 bits per heavy atom. The van der Waals surface area contributed by atoms with E-state index >= 15 is 9.59 Å². The van der Waals surface area contributed by atoms with Gasteiger partial charge in [0.25, 0.3) is 0 Å². The lowest BCUT2D eigenvalue weighted by Crippen LogP contribution is -2.53. The van der Waals surface area contributed by atoms with Gasteiger partial charge in [0.15, 0.2) is 0 Å². The first-order chi connectivity index (χ1) is 25.5. The summed E-state index contributed by atoms with van der Waals surface area (Å²) in [6.07, 6.45) is -0.517. The van der Waals surface area contributed by atoms with Crippen molar-refractivity contribution in [1.82, 2.24) is 15.1 Å². The van der Waals surface area contributed by atoms with Crippen molar-refractivity contribution >= 4 is 40.7 Å². The largest absolute Gasteiger partial charge is 0.386 e. The van der Waals surface area contributed by atoms with Gasteiger partial charge in [-0.2, -0.15) is 0 Å². The van der Waals surface area contributed by atoms with Crippen LogP contribution in [-0.4, -0.2) is 78.2 Å². The van der Waals surface area contributed by atoms with E-state index in [-0.39, 0.29) is 17.2 Å². The maximum absolute atomic E-state index is 15.3. The van der Waals surface area contributed by atoms with Crippen molar-refractivity contribution in [3.8, 4) is 0 Å². The highest BCUT2D eigenvalue weighted by Gasteiger charge is 2.70. The lowest BCUT2D eigenvalue weighted by atomic mass is 9.62. The van der Waals surface area contributed by atoms with Gasteiger partial charge in [-0.15, -0.1) is 0 Å². The summed E-state index contributed by atoms with van der Waals surface area (Å²) in [6, 6.07) is 30.3. The smallest absolute Gasteiger partial charge is 0.238 e. The number of anilines is 1. The monoisotopic (exact) mass is 754 g/mol. The second-order valence-electron chi connectivity index (χ2n) is 15.7. The predicted molar refractivity (Wildman–Crippen MR) is 210 cm³/mol. The molecule has 3 N–H and O–H groups in total. The fraction of sp³-hybridized carbons (Fsp3) is 0.395. The normalized spacial score (nSPS) is 24.5. The van der Waals surface area contributed by atoms with Gasteiger partial charge in [0.2, 0.25) is 11.8 Å². The summed E-state index contributed by atoms with van der Waals surface area (Å²) in [5.41, 5.74) is 2.16. The number of ether oxygens (including phenoxy) is 1. The van der Waals surface area contributed by atoms with Crippen molar-refractivity contribution in [3.63, 3.8) is 0 Å². The number of hydrogen-bond donors (Lipinski definition) is 3. The van der Waals surface area contributed by atoms with E-state index in [1.807, 2.05) is 97.1 Å². The third-order valence-corrected chi connectivity index (χ3v) is 11.5. The van der Waals surface area contributed by atoms with Crippen LogP contribution in [0.3, 0.4) is 0 Å². The van der Waals surface area contributed by atoms with Gasteiger partial charge >= 0.3 is 0 Å². The number of nitrogens with zero attached hydrogens (tertiary/aromatic N) is 2.